The number of benzene rings is 1. The predicted octanol–water partition coefficient (Wildman–Crippen LogP) is 3.11. The van der Waals surface area contributed by atoms with Crippen molar-refractivity contribution < 1.29 is 27.1 Å². The lowest BCUT2D eigenvalue weighted by molar-refractivity contribution is -0.138. The monoisotopic (exact) mass is 250 g/mol. The molecule has 0 bridgehead atoms. The molecule has 0 atom stereocenters. The van der Waals surface area contributed by atoms with Gasteiger partial charge in [-0.2, -0.15) is 8.78 Å². The van der Waals surface area contributed by atoms with Crippen molar-refractivity contribution >= 4 is 5.97 Å². The van der Waals surface area contributed by atoms with Crippen molar-refractivity contribution in [3.63, 3.8) is 0 Å². The van der Waals surface area contributed by atoms with E-state index < -0.39 is 46.5 Å². The van der Waals surface area contributed by atoms with Crippen molar-refractivity contribution in [1.29, 1.82) is 0 Å². The van der Waals surface area contributed by atoms with Crippen LogP contribution in [-0.4, -0.2) is 5.97 Å². The standard InChI is InChI=1S/C11H10F4O2/c1-4(2)11(16)17-10-8(14)6(12)5(3)7(13)9(10)15/h4H,1-3H3. The number of carbonyl (C=O) groups is 1. The maximum absolute atomic E-state index is 13.3. The lowest BCUT2D eigenvalue weighted by Gasteiger charge is -2.11. The van der Waals surface area contributed by atoms with Gasteiger partial charge < -0.3 is 4.74 Å². The van der Waals surface area contributed by atoms with E-state index in [1.54, 1.807) is 0 Å². The Labute approximate surface area is 95.2 Å². The van der Waals surface area contributed by atoms with Gasteiger partial charge in [0.1, 0.15) is 0 Å². The van der Waals surface area contributed by atoms with Gasteiger partial charge >= 0.3 is 5.97 Å². The van der Waals surface area contributed by atoms with Crippen molar-refractivity contribution in [2.75, 3.05) is 0 Å². The van der Waals surface area contributed by atoms with Crippen LogP contribution in [0.15, 0.2) is 0 Å². The molecular weight excluding hydrogens is 240 g/mol. The zero-order valence-corrected chi connectivity index (χ0v) is 9.41. The first-order chi connectivity index (χ1) is 7.77. The number of hydrogen-bond donors (Lipinski definition) is 0. The predicted molar refractivity (Wildman–Crippen MR) is 51.5 cm³/mol. The highest BCUT2D eigenvalue weighted by atomic mass is 19.2. The third-order valence-corrected chi connectivity index (χ3v) is 2.12. The molecule has 2 nitrogen and oxygen atoms in total. The molecule has 0 unspecified atom stereocenters. The molecule has 0 saturated carbocycles. The van der Waals surface area contributed by atoms with Gasteiger partial charge in [0.2, 0.25) is 17.4 Å². The topological polar surface area (TPSA) is 26.3 Å². The van der Waals surface area contributed by atoms with Crippen LogP contribution in [0.3, 0.4) is 0 Å². The van der Waals surface area contributed by atoms with Gasteiger partial charge in [-0.25, -0.2) is 8.78 Å². The summed E-state index contributed by atoms with van der Waals surface area (Å²) in [6.07, 6.45) is 0. The first kappa shape index (κ1) is 13.5. The smallest absolute Gasteiger partial charge is 0.313 e. The molecule has 0 aliphatic rings. The van der Waals surface area contributed by atoms with Crippen LogP contribution in [0.4, 0.5) is 17.6 Å². The van der Waals surface area contributed by atoms with Crippen LogP contribution in [0.2, 0.25) is 0 Å². The Morgan fingerprint density at radius 2 is 1.41 bits per heavy atom. The lowest BCUT2D eigenvalue weighted by atomic mass is 10.2. The highest BCUT2D eigenvalue weighted by Gasteiger charge is 2.26. The summed E-state index contributed by atoms with van der Waals surface area (Å²) in [6, 6.07) is 0. The number of hydrogen-bond acceptors (Lipinski definition) is 2. The van der Waals surface area contributed by atoms with E-state index in [2.05, 4.69) is 4.74 Å². The third-order valence-electron chi connectivity index (χ3n) is 2.12. The molecule has 94 valence electrons. The van der Waals surface area contributed by atoms with Crippen molar-refractivity contribution in [3.8, 4) is 5.75 Å². The number of carbonyl (C=O) groups excluding carboxylic acids is 1. The van der Waals surface area contributed by atoms with Gasteiger partial charge in [-0.3, -0.25) is 4.79 Å². The van der Waals surface area contributed by atoms with E-state index >= 15 is 0 Å². The molecule has 0 N–H and O–H groups in total. The minimum atomic E-state index is -1.71. The molecule has 1 rings (SSSR count). The van der Waals surface area contributed by atoms with Crippen molar-refractivity contribution in [3.05, 3.63) is 28.8 Å². The highest BCUT2D eigenvalue weighted by Crippen LogP contribution is 2.29. The normalized spacial score (nSPS) is 10.8. The molecule has 0 saturated heterocycles. The van der Waals surface area contributed by atoms with Crippen LogP contribution in [0.5, 0.6) is 5.75 Å². The molecule has 0 amide bonds. The second-order valence-electron chi connectivity index (χ2n) is 3.79. The molecule has 6 heteroatoms. The van der Waals surface area contributed by atoms with E-state index in [-0.39, 0.29) is 0 Å². The van der Waals surface area contributed by atoms with Crippen LogP contribution < -0.4 is 4.74 Å². The Kier molecular flexibility index (Phi) is 3.75. The molecule has 0 aromatic heterocycles. The molecule has 0 spiro atoms. The SMILES string of the molecule is Cc1c(F)c(F)c(OC(=O)C(C)C)c(F)c1F. The maximum atomic E-state index is 13.3. The van der Waals surface area contributed by atoms with E-state index in [1.165, 1.54) is 13.8 Å². The summed E-state index contributed by atoms with van der Waals surface area (Å²) in [5, 5.41) is 0. The Morgan fingerprint density at radius 3 is 1.76 bits per heavy atom. The number of ether oxygens (including phenoxy) is 1. The first-order valence-corrected chi connectivity index (χ1v) is 4.81. The molecule has 17 heavy (non-hydrogen) atoms. The number of esters is 1. The average Bonchev–Trinajstić information content (AvgIpc) is 2.29. The molecule has 0 heterocycles. The van der Waals surface area contributed by atoms with Crippen LogP contribution >= 0.6 is 0 Å². The Hall–Kier alpha value is -1.59. The van der Waals surface area contributed by atoms with Gasteiger partial charge in [-0.15, -0.1) is 0 Å². The van der Waals surface area contributed by atoms with Crippen molar-refractivity contribution in [1.82, 2.24) is 0 Å². The summed E-state index contributed by atoms with van der Waals surface area (Å²) in [4.78, 5) is 11.1. The first-order valence-electron chi connectivity index (χ1n) is 4.81. The van der Waals surface area contributed by atoms with E-state index in [4.69, 9.17) is 0 Å². The largest absolute Gasteiger partial charge is 0.420 e. The van der Waals surface area contributed by atoms with E-state index in [9.17, 15) is 22.4 Å². The molecule has 0 aliphatic carbocycles. The fourth-order valence-corrected chi connectivity index (χ4v) is 1.03. The minimum Gasteiger partial charge on any atom is -0.420 e. The van der Waals surface area contributed by atoms with E-state index in [1.807, 2.05) is 0 Å². The summed E-state index contributed by atoms with van der Waals surface area (Å²) in [5.74, 6) is -9.58. The van der Waals surface area contributed by atoms with Gasteiger partial charge in [-0.1, -0.05) is 13.8 Å². The molecule has 0 aliphatic heterocycles. The number of rotatable bonds is 2. The third kappa shape index (κ3) is 2.40. The molecule has 1 aromatic rings. The highest BCUT2D eigenvalue weighted by molar-refractivity contribution is 5.74. The maximum Gasteiger partial charge on any atom is 0.313 e. The van der Waals surface area contributed by atoms with Gasteiger partial charge in [0.15, 0.2) is 11.6 Å². The van der Waals surface area contributed by atoms with Crippen molar-refractivity contribution in [2.45, 2.75) is 20.8 Å². The quantitative estimate of drug-likeness (QED) is 0.349. The summed E-state index contributed by atoms with van der Waals surface area (Å²) in [7, 11) is 0. The number of halogens is 4. The second-order valence-corrected chi connectivity index (χ2v) is 3.79. The van der Waals surface area contributed by atoms with Gasteiger partial charge in [0.25, 0.3) is 0 Å². The summed E-state index contributed by atoms with van der Waals surface area (Å²) in [6.45, 7) is 3.71. The fraction of sp³-hybridized carbons (Fsp3) is 0.364. The second kappa shape index (κ2) is 4.73. The lowest BCUT2D eigenvalue weighted by Crippen LogP contribution is -2.17. The summed E-state index contributed by atoms with van der Waals surface area (Å²) >= 11 is 0. The molecule has 0 fully saturated rings. The molecule has 1 aromatic carbocycles. The van der Waals surface area contributed by atoms with Gasteiger partial charge in [0, 0.05) is 5.56 Å². The van der Waals surface area contributed by atoms with Crippen molar-refractivity contribution in [2.24, 2.45) is 5.92 Å². The van der Waals surface area contributed by atoms with Crippen LogP contribution in [0, 0.1) is 36.1 Å². The summed E-state index contributed by atoms with van der Waals surface area (Å²) < 4.78 is 57.0. The fourth-order valence-electron chi connectivity index (χ4n) is 1.03. The Balaban J connectivity index is 3.30. The van der Waals surface area contributed by atoms with Crippen LogP contribution in [0.1, 0.15) is 19.4 Å². The van der Waals surface area contributed by atoms with E-state index in [0.717, 1.165) is 6.92 Å². The average molecular weight is 250 g/mol. The Bertz CT molecular complexity index is 440. The molecule has 0 radical (unpaired) electrons. The summed E-state index contributed by atoms with van der Waals surface area (Å²) in [5.41, 5.74) is -0.802. The van der Waals surface area contributed by atoms with E-state index in [0.29, 0.717) is 0 Å². The van der Waals surface area contributed by atoms with Crippen LogP contribution in [0.25, 0.3) is 0 Å². The Morgan fingerprint density at radius 1 is 1.00 bits per heavy atom. The van der Waals surface area contributed by atoms with Gasteiger partial charge in [0.05, 0.1) is 5.92 Å². The zero-order valence-electron chi connectivity index (χ0n) is 9.41. The minimum absolute atomic E-state index is 0.679. The molecular formula is C11H10F4O2. The van der Waals surface area contributed by atoms with Crippen LogP contribution in [-0.2, 0) is 4.79 Å². The zero-order chi connectivity index (χ0) is 13.3. The van der Waals surface area contributed by atoms with Gasteiger partial charge in [-0.05, 0) is 6.92 Å².